The largest absolute Gasteiger partial charge is 0.480 e. The lowest BCUT2D eigenvalue weighted by Gasteiger charge is -2.23. The molecule has 31 heavy (non-hydrogen) atoms. The third-order valence-electron chi connectivity index (χ3n) is 4.01. The Kier molecular flexibility index (Phi) is 12.2. The van der Waals surface area contributed by atoms with Gasteiger partial charge in [-0.2, -0.15) is 0 Å². The van der Waals surface area contributed by atoms with Gasteiger partial charge in [0.1, 0.15) is 12.1 Å². The highest BCUT2D eigenvalue weighted by Crippen LogP contribution is 2.05. The number of aliphatic imine (C=N–C) groups is 1. The Bertz CT molecular complexity index is 692. The molecular formula is C17H32N8O6. The Balaban J connectivity index is 5.02. The molecule has 0 aliphatic heterocycles. The van der Waals surface area contributed by atoms with Gasteiger partial charge in [0, 0.05) is 6.54 Å². The lowest BCUT2D eigenvalue weighted by atomic mass is 10.0. The van der Waals surface area contributed by atoms with Crippen LogP contribution in [0.15, 0.2) is 4.99 Å². The van der Waals surface area contributed by atoms with Gasteiger partial charge in [0.15, 0.2) is 5.96 Å². The zero-order valence-corrected chi connectivity index (χ0v) is 17.6. The molecule has 0 saturated heterocycles. The molecule has 3 atom stereocenters. The van der Waals surface area contributed by atoms with Crippen LogP contribution in [0.1, 0.15) is 33.1 Å². The minimum Gasteiger partial charge on any atom is -0.480 e. The van der Waals surface area contributed by atoms with Crippen molar-refractivity contribution in [3.8, 4) is 0 Å². The van der Waals surface area contributed by atoms with Crippen molar-refractivity contribution in [2.45, 2.75) is 51.2 Å². The summed E-state index contributed by atoms with van der Waals surface area (Å²) in [6.45, 7) is 2.91. The van der Waals surface area contributed by atoms with Crippen LogP contribution in [0.25, 0.3) is 0 Å². The van der Waals surface area contributed by atoms with E-state index < -0.39 is 66.6 Å². The van der Waals surface area contributed by atoms with Crippen molar-refractivity contribution < 1.29 is 29.1 Å². The van der Waals surface area contributed by atoms with Crippen LogP contribution in [0.4, 0.5) is 0 Å². The van der Waals surface area contributed by atoms with Crippen molar-refractivity contribution in [3.05, 3.63) is 0 Å². The Morgan fingerprint density at radius 3 is 2.10 bits per heavy atom. The van der Waals surface area contributed by atoms with E-state index in [1.54, 1.807) is 13.8 Å². The number of carbonyl (C=O) groups is 5. The molecule has 3 unspecified atom stereocenters. The van der Waals surface area contributed by atoms with Crippen LogP contribution in [0.3, 0.4) is 0 Å². The van der Waals surface area contributed by atoms with E-state index in [1.165, 1.54) is 0 Å². The molecule has 0 aliphatic carbocycles. The Labute approximate surface area is 179 Å². The number of rotatable bonds is 14. The lowest BCUT2D eigenvalue weighted by molar-refractivity contribution is -0.143. The predicted octanol–water partition coefficient (Wildman–Crippen LogP) is -3.93. The maximum atomic E-state index is 12.6. The van der Waals surface area contributed by atoms with Gasteiger partial charge in [0.05, 0.1) is 19.0 Å². The molecule has 0 bridgehead atoms. The summed E-state index contributed by atoms with van der Waals surface area (Å²) in [6, 6.07) is -3.47. The smallest absolute Gasteiger partial charge is 0.326 e. The summed E-state index contributed by atoms with van der Waals surface area (Å²) in [5, 5.41) is 16.3. The van der Waals surface area contributed by atoms with E-state index in [-0.39, 0.29) is 18.9 Å². The first-order valence-corrected chi connectivity index (χ1v) is 9.54. The number of nitrogens with zero attached hydrogens (tertiary/aromatic N) is 1. The van der Waals surface area contributed by atoms with Crippen molar-refractivity contribution in [1.29, 1.82) is 0 Å². The summed E-state index contributed by atoms with van der Waals surface area (Å²) >= 11 is 0. The van der Waals surface area contributed by atoms with Crippen LogP contribution in [0.2, 0.25) is 0 Å². The number of hydrogen-bond donors (Lipinski definition) is 8. The van der Waals surface area contributed by atoms with Gasteiger partial charge in [0.25, 0.3) is 0 Å². The van der Waals surface area contributed by atoms with E-state index in [1.807, 2.05) is 0 Å². The lowest BCUT2D eigenvalue weighted by Crippen LogP contribution is -2.54. The first kappa shape index (κ1) is 27.6. The van der Waals surface area contributed by atoms with Crippen LogP contribution < -0.4 is 38.9 Å². The number of nitrogens with two attached hydrogens (primary N) is 4. The summed E-state index contributed by atoms with van der Waals surface area (Å²) in [5.41, 5.74) is 20.9. The summed E-state index contributed by atoms with van der Waals surface area (Å²) in [5.74, 6) is -4.73. The van der Waals surface area contributed by atoms with Crippen LogP contribution >= 0.6 is 0 Å². The van der Waals surface area contributed by atoms with Crippen molar-refractivity contribution in [2.24, 2.45) is 33.8 Å². The van der Waals surface area contributed by atoms with Gasteiger partial charge >= 0.3 is 5.97 Å². The first-order valence-electron chi connectivity index (χ1n) is 9.54. The molecule has 0 heterocycles. The molecule has 0 aromatic heterocycles. The molecule has 14 heteroatoms. The van der Waals surface area contributed by atoms with E-state index in [9.17, 15) is 29.1 Å². The third kappa shape index (κ3) is 12.0. The highest BCUT2D eigenvalue weighted by atomic mass is 16.4. The predicted molar refractivity (Wildman–Crippen MR) is 111 cm³/mol. The molecule has 0 rings (SSSR count). The van der Waals surface area contributed by atoms with Gasteiger partial charge < -0.3 is 44.0 Å². The monoisotopic (exact) mass is 444 g/mol. The van der Waals surface area contributed by atoms with Gasteiger partial charge in [-0.1, -0.05) is 13.8 Å². The fraction of sp³-hybridized carbons (Fsp3) is 0.647. The van der Waals surface area contributed by atoms with Gasteiger partial charge in [-0.25, -0.2) is 4.79 Å². The Morgan fingerprint density at radius 1 is 1.00 bits per heavy atom. The first-order chi connectivity index (χ1) is 14.3. The molecular weight excluding hydrogens is 412 g/mol. The van der Waals surface area contributed by atoms with E-state index in [0.29, 0.717) is 6.42 Å². The number of amides is 4. The van der Waals surface area contributed by atoms with Gasteiger partial charge in [0.2, 0.25) is 23.6 Å². The number of aliphatic carboxylic acids is 1. The van der Waals surface area contributed by atoms with E-state index in [2.05, 4.69) is 20.9 Å². The standard InChI is InChI=1S/C17H32N8O6/c1-8(2)13(16(30)31)25-15(29)10(4-3-5-22-17(20)21)24-12(27)7-23-14(28)9(18)6-11(19)26/h8-10,13H,3-7,18H2,1-2H3,(H2,19,26)(H,23,28)(H,24,27)(H,25,29)(H,30,31)(H4,20,21,22). The second-order valence-corrected chi connectivity index (χ2v) is 7.13. The maximum absolute atomic E-state index is 12.6. The molecule has 176 valence electrons. The topological polar surface area (TPSA) is 258 Å². The summed E-state index contributed by atoms with van der Waals surface area (Å²) < 4.78 is 0. The molecule has 12 N–H and O–H groups in total. The Hall–Kier alpha value is -3.42. The van der Waals surface area contributed by atoms with Gasteiger partial charge in [-0.3, -0.25) is 24.2 Å². The number of primary amides is 1. The number of carbonyl (C=O) groups excluding carboxylic acids is 4. The molecule has 14 nitrogen and oxygen atoms in total. The molecule has 0 aliphatic rings. The van der Waals surface area contributed by atoms with E-state index >= 15 is 0 Å². The molecule has 0 saturated carbocycles. The quantitative estimate of drug-likeness (QED) is 0.0737. The second-order valence-electron chi connectivity index (χ2n) is 7.13. The highest BCUT2D eigenvalue weighted by molar-refractivity contribution is 5.93. The van der Waals surface area contributed by atoms with Gasteiger partial charge in [-0.15, -0.1) is 0 Å². The molecule has 0 radical (unpaired) electrons. The summed E-state index contributed by atoms with van der Waals surface area (Å²) in [6.07, 6.45) is 0.0223. The van der Waals surface area contributed by atoms with Crippen molar-refractivity contribution in [1.82, 2.24) is 16.0 Å². The molecule has 0 aromatic rings. The molecule has 0 spiro atoms. The van der Waals surface area contributed by atoms with Gasteiger partial charge in [-0.05, 0) is 18.8 Å². The number of carboxylic acid groups (broad SMARTS) is 1. The number of nitrogens with one attached hydrogen (secondary N) is 3. The highest BCUT2D eigenvalue weighted by Gasteiger charge is 2.28. The minimum absolute atomic E-state index is 0.105. The normalized spacial score (nSPS) is 13.4. The van der Waals surface area contributed by atoms with Crippen molar-refractivity contribution >= 4 is 35.6 Å². The number of carboxylic acids is 1. The maximum Gasteiger partial charge on any atom is 0.326 e. The third-order valence-corrected chi connectivity index (χ3v) is 4.01. The van der Waals surface area contributed by atoms with Crippen molar-refractivity contribution in [2.75, 3.05) is 13.1 Å². The van der Waals surface area contributed by atoms with Crippen LogP contribution in [0.5, 0.6) is 0 Å². The Morgan fingerprint density at radius 2 is 1.61 bits per heavy atom. The zero-order valence-electron chi connectivity index (χ0n) is 17.6. The zero-order chi connectivity index (χ0) is 24.1. The van der Waals surface area contributed by atoms with E-state index in [4.69, 9.17) is 22.9 Å². The second kappa shape index (κ2) is 13.7. The SMILES string of the molecule is CC(C)C(NC(=O)C(CCCN=C(N)N)NC(=O)CNC(=O)C(N)CC(N)=O)C(=O)O. The van der Waals surface area contributed by atoms with Crippen LogP contribution in [-0.2, 0) is 24.0 Å². The average molecular weight is 444 g/mol. The summed E-state index contributed by atoms with van der Waals surface area (Å²) in [4.78, 5) is 62.4. The molecule has 0 aromatic carbocycles. The summed E-state index contributed by atoms with van der Waals surface area (Å²) in [7, 11) is 0. The average Bonchev–Trinajstić information content (AvgIpc) is 2.64. The fourth-order valence-electron chi connectivity index (χ4n) is 2.39. The van der Waals surface area contributed by atoms with Crippen LogP contribution in [-0.4, -0.2) is 71.9 Å². The van der Waals surface area contributed by atoms with E-state index in [0.717, 1.165) is 0 Å². The van der Waals surface area contributed by atoms with Crippen molar-refractivity contribution in [3.63, 3.8) is 0 Å². The minimum atomic E-state index is -1.22. The fourth-order valence-corrected chi connectivity index (χ4v) is 2.39. The number of hydrogen-bond acceptors (Lipinski definition) is 7. The van der Waals surface area contributed by atoms with Crippen LogP contribution in [0, 0.1) is 5.92 Å². The molecule has 0 fully saturated rings. The molecule has 4 amide bonds. The number of guanidine groups is 1.